The Balaban J connectivity index is 1.98. The summed E-state index contributed by atoms with van der Waals surface area (Å²) in [7, 11) is 0. The van der Waals surface area contributed by atoms with Crippen molar-refractivity contribution in [2.75, 3.05) is 5.43 Å². The number of hydrazone groups is 1. The van der Waals surface area contributed by atoms with E-state index in [9.17, 15) is 13.2 Å². The van der Waals surface area contributed by atoms with Crippen LogP contribution in [-0.2, 0) is 6.18 Å². The average molecular weight is 330 g/mol. The third-order valence-corrected chi connectivity index (χ3v) is 3.33. The van der Waals surface area contributed by atoms with E-state index in [2.05, 4.69) is 20.5 Å². The zero-order chi connectivity index (χ0) is 17.2. The van der Waals surface area contributed by atoms with Gasteiger partial charge in [-0.2, -0.15) is 18.3 Å². The predicted octanol–water partition coefficient (Wildman–Crippen LogP) is 4.40. The normalized spacial score (nSPS) is 12.0. The molecule has 3 aromatic rings. The van der Waals surface area contributed by atoms with Gasteiger partial charge < -0.3 is 0 Å². The van der Waals surface area contributed by atoms with Crippen molar-refractivity contribution in [2.24, 2.45) is 5.10 Å². The number of nitrogens with zero attached hydrogens (tertiary/aromatic N) is 3. The van der Waals surface area contributed by atoms with Crippen LogP contribution < -0.4 is 5.43 Å². The number of fused-ring (bicyclic) bond motifs is 1. The molecule has 2 heterocycles. The van der Waals surface area contributed by atoms with Crippen molar-refractivity contribution >= 4 is 22.8 Å². The van der Waals surface area contributed by atoms with Gasteiger partial charge in [0.25, 0.3) is 0 Å². The van der Waals surface area contributed by atoms with Gasteiger partial charge in [0.2, 0.25) is 0 Å². The van der Waals surface area contributed by atoms with Crippen molar-refractivity contribution < 1.29 is 13.2 Å². The first-order valence-corrected chi connectivity index (χ1v) is 7.12. The van der Waals surface area contributed by atoms with Gasteiger partial charge in [-0.05, 0) is 43.3 Å². The Kier molecular flexibility index (Phi) is 4.16. The van der Waals surface area contributed by atoms with Gasteiger partial charge in [-0.15, -0.1) is 0 Å². The van der Waals surface area contributed by atoms with Crippen molar-refractivity contribution in [1.29, 1.82) is 0 Å². The molecule has 0 saturated carbocycles. The van der Waals surface area contributed by atoms with Crippen molar-refractivity contribution in [1.82, 2.24) is 9.97 Å². The maximum atomic E-state index is 12.9. The zero-order valence-electron chi connectivity index (χ0n) is 12.7. The number of anilines is 1. The highest BCUT2D eigenvalue weighted by Gasteiger charge is 2.30. The van der Waals surface area contributed by atoms with E-state index in [0.717, 1.165) is 12.1 Å². The van der Waals surface area contributed by atoms with Gasteiger partial charge in [-0.1, -0.05) is 6.07 Å². The van der Waals surface area contributed by atoms with Crippen molar-refractivity contribution in [3.05, 3.63) is 65.6 Å². The summed E-state index contributed by atoms with van der Waals surface area (Å²) >= 11 is 0. The molecular formula is C17H13F3N4. The van der Waals surface area contributed by atoms with Crippen LogP contribution in [0.2, 0.25) is 0 Å². The Morgan fingerprint density at radius 3 is 2.67 bits per heavy atom. The second-order valence-electron chi connectivity index (χ2n) is 5.17. The molecule has 0 atom stereocenters. The first kappa shape index (κ1) is 15.9. The van der Waals surface area contributed by atoms with Gasteiger partial charge in [-0.25, -0.2) is 0 Å². The summed E-state index contributed by atoms with van der Waals surface area (Å²) in [4.78, 5) is 8.34. The van der Waals surface area contributed by atoms with Crippen molar-refractivity contribution in [2.45, 2.75) is 13.1 Å². The van der Waals surface area contributed by atoms with Crippen LogP contribution in [0, 0.1) is 6.92 Å². The van der Waals surface area contributed by atoms with Gasteiger partial charge in [0, 0.05) is 17.3 Å². The fraction of sp³-hybridized carbons (Fsp3) is 0.118. The fourth-order valence-electron chi connectivity index (χ4n) is 2.25. The monoisotopic (exact) mass is 330 g/mol. The highest BCUT2D eigenvalue weighted by atomic mass is 19.4. The Bertz CT molecular complexity index is 889. The van der Waals surface area contributed by atoms with Crippen LogP contribution in [0.3, 0.4) is 0 Å². The predicted molar refractivity (Wildman–Crippen MR) is 86.9 cm³/mol. The first-order valence-electron chi connectivity index (χ1n) is 7.12. The van der Waals surface area contributed by atoms with Crippen LogP contribution in [-0.4, -0.2) is 16.2 Å². The summed E-state index contributed by atoms with van der Waals surface area (Å²) in [5.74, 6) is 0. The van der Waals surface area contributed by atoms with Crippen LogP contribution >= 0.6 is 0 Å². The molecule has 7 heteroatoms. The van der Waals surface area contributed by atoms with E-state index in [1.165, 1.54) is 12.3 Å². The minimum Gasteiger partial charge on any atom is -0.278 e. The Labute approximate surface area is 136 Å². The molecule has 0 spiro atoms. The molecule has 24 heavy (non-hydrogen) atoms. The molecule has 3 rings (SSSR count). The molecule has 0 aliphatic heterocycles. The van der Waals surface area contributed by atoms with Gasteiger partial charge in [-0.3, -0.25) is 15.4 Å². The lowest BCUT2D eigenvalue weighted by atomic mass is 10.1. The van der Waals surface area contributed by atoms with Gasteiger partial charge in [0.15, 0.2) is 0 Å². The summed E-state index contributed by atoms with van der Waals surface area (Å²) in [6, 6.07) is 10.5. The summed E-state index contributed by atoms with van der Waals surface area (Å²) < 4.78 is 38.8. The lowest BCUT2D eigenvalue weighted by Gasteiger charge is -2.11. The second kappa shape index (κ2) is 6.27. The van der Waals surface area contributed by atoms with Crippen molar-refractivity contribution in [3.63, 3.8) is 0 Å². The van der Waals surface area contributed by atoms with Crippen molar-refractivity contribution in [3.8, 4) is 0 Å². The Morgan fingerprint density at radius 2 is 1.96 bits per heavy atom. The molecule has 4 nitrogen and oxygen atoms in total. The van der Waals surface area contributed by atoms with Gasteiger partial charge >= 0.3 is 6.18 Å². The molecule has 0 fully saturated rings. The number of rotatable bonds is 3. The summed E-state index contributed by atoms with van der Waals surface area (Å²) in [6.45, 7) is 1.77. The minimum absolute atomic E-state index is 0.355. The van der Waals surface area contributed by atoms with Crippen LogP contribution in [0.15, 0.2) is 53.8 Å². The number of aromatic nitrogens is 2. The highest BCUT2D eigenvalue weighted by molar-refractivity contribution is 5.92. The molecule has 122 valence electrons. The summed E-state index contributed by atoms with van der Waals surface area (Å²) in [6.07, 6.45) is -1.29. The standard InChI is InChI=1S/C17H13F3N4/c1-11-8-16(24-22-10-13-4-2-3-7-21-13)14-9-12(17(18,19)20)5-6-15(14)23-11/h2-10H,1H3,(H,23,24)/b22-10+. The van der Waals surface area contributed by atoms with Crippen LogP contribution in [0.25, 0.3) is 10.9 Å². The maximum Gasteiger partial charge on any atom is 0.416 e. The quantitative estimate of drug-likeness (QED) is 0.572. The Morgan fingerprint density at radius 1 is 1.12 bits per heavy atom. The smallest absolute Gasteiger partial charge is 0.278 e. The number of hydrogen-bond acceptors (Lipinski definition) is 4. The number of hydrogen-bond donors (Lipinski definition) is 1. The van der Waals surface area contributed by atoms with E-state index in [0.29, 0.717) is 28.0 Å². The van der Waals surface area contributed by atoms with E-state index in [-0.39, 0.29) is 0 Å². The largest absolute Gasteiger partial charge is 0.416 e. The van der Waals surface area contributed by atoms with Gasteiger partial charge in [0.1, 0.15) is 0 Å². The molecule has 0 saturated heterocycles. The highest BCUT2D eigenvalue weighted by Crippen LogP contribution is 2.33. The number of alkyl halides is 3. The fourth-order valence-corrected chi connectivity index (χ4v) is 2.25. The van der Waals surface area contributed by atoms with E-state index < -0.39 is 11.7 Å². The molecular weight excluding hydrogens is 317 g/mol. The lowest BCUT2D eigenvalue weighted by molar-refractivity contribution is -0.137. The third kappa shape index (κ3) is 3.51. The number of halogens is 3. The van der Waals surface area contributed by atoms with Crippen LogP contribution in [0.1, 0.15) is 17.0 Å². The average Bonchev–Trinajstić information content (AvgIpc) is 2.54. The summed E-state index contributed by atoms with van der Waals surface area (Å²) in [5.41, 5.74) is 4.29. The summed E-state index contributed by atoms with van der Waals surface area (Å²) in [5, 5.41) is 4.40. The lowest BCUT2D eigenvalue weighted by Crippen LogP contribution is -2.05. The number of nitrogens with one attached hydrogen (secondary N) is 1. The number of pyridine rings is 2. The minimum atomic E-state index is -4.41. The van der Waals surface area contributed by atoms with E-state index in [1.807, 2.05) is 6.07 Å². The SMILES string of the molecule is Cc1cc(N/N=C/c2ccccn2)c2cc(C(F)(F)F)ccc2n1. The number of benzene rings is 1. The van der Waals surface area contributed by atoms with E-state index in [4.69, 9.17) is 0 Å². The molecule has 0 amide bonds. The van der Waals surface area contributed by atoms with Gasteiger partial charge in [0.05, 0.1) is 28.7 Å². The van der Waals surface area contributed by atoms with E-state index in [1.54, 1.807) is 31.3 Å². The molecule has 0 radical (unpaired) electrons. The van der Waals surface area contributed by atoms with Crippen LogP contribution in [0.5, 0.6) is 0 Å². The molecule has 0 unspecified atom stereocenters. The van der Waals surface area contributed by atoms with E-state index >= 15 is 0 Å². The maximum absolute atomic E-state index is 12.9. The Hall–Kier alpha value is -2.96. The topological polar surface area (TPSA) is 50.2 Å². The second-order valence-corrected chi connectivity index (χ2v) is 5.17. The molecule has 1 aromatic carbocycles. The number of aryl methyl sites for hydroxylation is 1. The molecule has 0 aliphatic rings. The molecule has 1 N–H and O–H groups in total. The first-order chi connectivity index (χ1) is 11.4. The third-order valence-electron chi connectivity index (χ3n) is 3.33. The zero-order valence-corrected chi connectivity index (χ0v) is 12.7. The molecule has 2 aromatic heterocycles. The van der Waals surface area contributed by atoms with Crippen LogP contribution in [0.4, 0.5) is 18.9 Å². The molecule has 0 aliphatic carbocycles. The molecule has 0 bridgehead atoms.